The molecule has 32 valence electrons. The first-order valence-corrected chi connectivity index (χ1v) is 0. The number of halogens is 3. The van der Waals surface area contributed by atoms with E-state index in [1.165, 1.54) is 0 Å². The molecule has 0 atom stereocenters. The van der Waals surface area contributed by atoms with Gasteiger partial charge in [0, 0.05) is 0 Å². The first-order valence-electron chi connectivity index (χ1n) is 0. The molecular weight excluding hydrogens is 397 g/mol. The van der Waals surface area contributed by atoms with E-state index in [0.29, 0.717) is 0 Å². The summed E-state index contributed by atoms with van der Waals surface area (Å²) in [7, 11) is 0. The largest absolute Gasteiger partial charge is 3.00 e. The van der Waals surface area contributed by atoms with Crippen molar-refractivity contribution in [2.24, 2.45) is 0 Å². The third kappa shape index (κ3) is 20.1. The minimum atomic E-state index is 0. The molecule has 0 aromatic rings. The van der Waals surface area contributed by atoms with Gasteiger partial charge in [0.1, 0.15) is 0 Å². The smallest absolute Gasteiger partial charge is 1.00 e. The molecule has 0 aromatic heterocycles. The Bertz CT molecular complexity index is 6.85. The van der Waals surface area contributed by atoms with E-state index in [0.717, 1.165) is 0 Å². The van der Waals surface area contributed by atoms with Crippen molar-refractivity contribution in [3.63, 3.8) is 0 Å². The summed E-state index contributed by atoms with van der Waals surface area (Å²) in [5.41, 5.74) is 0. The van der Waals surface area contributed by atoms with E-state index in [2.05, 4.69) is 0 Å². The average molecular weight is 399 g/mol. The van der Waals surface area contributed by atoms with Crippen molar-refractivity contribution < 1.29 is 97.7 Å². The van der Waals surface area contributed by atoms with Crippen LogP contribution in [0, 0.1) is 41.3 Å². The summed E-state index contributed by atoms with van der Waals surface area (Å²) in [6.07, 6.45) is 0. The van der Waals surface area contributed by atoms with Crippen LogP contribution in [0.5, 0.6) is 0 Å². The summed E-state index contributed by atoms with van der Waals surface area (Å²) in [4.78, 5) is 0. The SMILES string of the molecule is O.[141Pr+3].[Br-].[Br-].[Br-]. The molecule has 0 aliphatic rings. The van der Waals surface area contributed by atoms with Gasteiger partial charge in [-0.15, -0.1) is 0 Å². The molecule has 2 N–H and O–H groups in total. The summed E-state index contributed by atoms with van der Waals surface area (Å²) in [5.74, 6) is 0. The van der Waals surface area contributed by atoms with Crippen molar-refractivity contribution in [2.75, 3.05) is 0 Å². The van der Waals surface area contributed by atoms with Crippen LogP contribution in [-0.4, -0.2) is 5.48 Å². The second-order valence-electron chi connectivity index (χ2n) is 0. The molecule has 5 heteroatoms. The summed E-state index contributed by atoms with van der Waals surface area (Å²) >= 11 is 0. The summed E-state index contributed by atoms with van der Waals surface area (Å²) in [5, 5.41) is 0. The summed E-state index contributed by atoms with van der Waals surface area (Å²) in [6.45, 7) is 0. The van der Waals surface area contributed by atoms with Crippen LogP contribution in [0.4, 0.5) is 0 Å². The standard InChI is InChI=1S/3BrH.H2O.Pr/h3*1H;1H2;/q;;;;+3/p-3/i;;;;1+0. The van der Waals surface area contributed by atoms with Gasteiger partial charge in [-0.05, 0) is 0 Å². The maximum absolute atomic E-state index is 0. The molecule has 0 saturated carbocycles. The van der Waals surface area contributed by atoms with E-state index in [9.17, 15) is 0 Å². The molecule has 0 aliphatic heterocycles. The molecule has 0 radical (unpaired) electrons. The maximum atomic E-state index is 0. The number of hydrogen-bond donors (Lipinski definition) is 0. The zero-order valence-corrected chi connectivity index (χ0v) is 10.7. The third-order valence-electron chi connectivity index (χ3n) is 0. The fourth-order valence-electron chi connectivity index (χ4n) is 0. The molecule has 0 amide bonds. The molecule has 0 bridgehead atoms. The quantitative estimate of drug-likeness (QED) is 0.388. The monoisotopic (exact) mass is 396 g/mol. The van der Waals surface area contributed by atoms with Gasteiger partial charge in [0.15, 0.2) is 0 Å². The fraction of sp³-hybridized carbons (Fsp3) is 0. The van der Waals surface area contributed by atoms with Crippen LogP contribution < -0.4 is 50.9 Å². The molecule has 0 aromatic carbocycles. The average Bonchev–Trinajstić information content (AvgIpc) is 0. The Hall–Kier alpha value is 2.76. The molecule has 5 heavy (non-hydrogen) atoms. The minimum Gasteiger partial charge on any atom is -1.00 e. The molecule has 0 unspecified atom stereocenters. The number of rotatable bonds is 0. The van der Waals surface area contributed by atoms with Crippen LogP contribution in [0.2, 0.25) is 0 Å². The van der Waals surface area contributed by atoms with Gasteiger partial charge in [-0.2, -0.15) is 0 Å². The Morgan fingerprint density at radius 1 is 0.600 bits per heavy atom. The van der Waals surface area contributed by atoms with Crippen molar-refractivity contribution in [1.29, 1.82) is 0 Å². The molecule has 0 heterocycles. The molecule has 0 fully saturated rings. The van der Waals surface area contributed by atoms with E-state index >= 15 is 0 Å². The molecule has 1 nitrogen and oxygen atoms in total. The van der Waals surface area contributed by atoms with E-state index in [1.54, 1.807) is 0 Å². The Morgan fingerprint density at radius 3 is 0.600 bits per heavy atom. The van der Waals surface area contributed by atoms with Crippen molar-refractivity contribution in [3.8, 4) is 0 Å². The minimum absolute atomic E-state index is 0. The van der Waals surface area contributed by atoms with Gasteiger partial charge >= 0.3 is 41.3 Å². The fourth-order valence-corrected chi connectivity index (χ4v) is 0. The molecule has 0 saturated heterocycles. The van der Waals surface area contributed by atoms with Crippen LogP contribution in [0.15, 0.2) is 0 Å². The first-order chi connectivity index (χ1) is 0. The maximum Gasteiger partial charge on any atom is 3.00 e. The van der Waals surface area contributed by atoms with Crippen LogP contribution in [0.3, 0.4) is 0 Å². The summed E-state index contributed by atoms with van der Waals surface area (Å²) < 4.78 is 0. The van der Waals surface area contributed by atoms with E-state index in [-0.39, 0.29) is 97.7 Å². The van der Waals surface area contributed by atoms with Gasteiger partial charge in [0.05, 0.1) is 0 Å². The molecule has 0 aliphatic carbocycles. The zero-order valence-electron chi connectivity index (χ0n) is 2.21. The van der Waals surface area contributed by atoms with Gasteiger partial charge in [-0.3, -0.25) is 0 Å². The van der Waals surface area contributed by atoms with Gasteiger partial charge < -0.3 is 56.4 Å². The molecule has 0 spiro atoms. The van der Waals surface area contributed by atoms with E-state index < -0.39 is 0 Å². The van der Waals surface area contributed by atoms with Crippen molar-refractivity contribution in [3.05, 3.63) is 0 Å². The van der Waals surface area contributed by atoms with Crippen LogP contribution >= 0.6 is 0 Å². The van der Waals surface area contributed by atoms with Gasteiger partial charge in [-0.1, -0.05) is 0 Å². The van der Waals surface area contributed by atoms with Crippen LogP contribution in [0.1, 0.15) is 0 Å². The molecular formula is H2Br3OPr. The first kappa shape index (κ1) is 46.5. The number of hydrogen-bond acceptors (Lipinski definition) is 0. The second kappa shape index (κ2) is 29.4. The van der Waals surface area contributed by atoms with Crippen molar-refractivity contribution >= 4 is 0 Å². The Morgan fingerprint density at radius 2 is 0.600 bits per heavy atom. The topological polar surface area (TPSA) is 31.5 Å². The van der Waals surface area contributed by atoms with Gasteiger partial charge in [0.2, 0.25) is 0 Å². The van der Waals surface area contributed by atoms with Gasteiger partial charge in [-0.25, -0.2) is 0 Å². The van der Waals surface area contributed by atoms with E-state index in [1.807, 2.05) is 0 Å². The van der Waals surface area contributed by atoms with Crippen LogP contribution in [-0.2, 0) is 0 Å². The zero-order chi connectivity index (χ0) is 0. The summed E-state index contributed by atoms with van der Waals surface area (Å²) in [6, 6.07) is 0. The van der Waals surface area contributed by atoms with Crippen molar-refractivity contribution in [1.82, 2.24) is 0 Å². The van der Waals surface area contributed by atoms with E-state index in [4.69, 9.17) is 0 Å². The predicted molar refractivity (Wildman–Crippen MR) is 3.61 cm³/mol. The van der Waals surface area contributed by atoms with Crippen LogP contribution in [0.25, 0.3) is 0 Å². The molecule has 0 rings (SSSR count). The Balaban J connectivity index is 0. The third-order valence-corrected chi connectivity index (χ3v) is 0. The Labute approximate surface area is 95.8 Å². The predicted octanol–water partition coefficient (Wildman–Crippen LogP) is -9.81. The Kier molecular flexibility index (Phi) is 274. The van der Waals surface area contributed by atoms with Gasteiger partial charge in [0.25, 0.3) is 0 Å². The normalized spacial score (nSPS) is 0. The van der Waals surface area contributed by atoms with Crippen molar-refractivity contribution in [2.45, 2.75) is 0 Å². The second-order valence-corrected chi connectivity index (χ2v) is 0.